The topological polar surface area (TPSA) is 0 Å². The number of hydrogen-bond acceptors (Lipinski definition) is 0. The van der Waals surface area contributed by atoms with E-state index in [1.165, 1.54) is 23.7 Å². The Balaban J connectivity index is 0.00000182. The Hall–Kier alpha value is -0.0868. The Kier molecular flexibility index (Phi) is 5.62. The van der Waals surface area contributed by atoms with Gasteiger partial charge < -0.3 is 0 Å². The quantitative estimate of drug-likeness (QED) is 0.578. The van der Waals surface area contributed by atoms with Gasteiger partial charge in [0.25, 0.3) is 0 Å². The molecule has 10 radical (unpaired) electrons. The molecule has 0 saturated heterocycles. The Labute approximate surface area is 167 Å². The standard InChI is InChI=1S/C22H24Si2.Fe/c1-23(2,21-15-13-17-9-5-7-11-19(17)21)24(3,4)22-16-14-18-10-6-8-12-20(18)22;/h5-16H,1-4H3;/q;+2. The largest absolute Gasteiger partial charge is 2.00 e. The predicted molar refractivity (Wildman–Crippen MR) is 108 cm³/mol. The molecule has 0 spiro atoms. The van der Waals surface area contributed by atoms with E-state index < -0.39 is 15.2 Å². The van der Waals surface area contributed by atoms with Gasteiger partial charge in [-0.1, -0.05) is 74.8 Å². The van der Waals surface area contributed by atoms with Gasteiger partial charge in [-0.15, -0.1) is 0 Å². The third kappa shape index (κ3) is 3.09. The fraction of sp³-hybridized carbons (Fsp3) is 0.182. The Morgan fingerprint density at radius 3 is 1.28 bits per heavy atom. The van der Waals surface area contributed by atoms with E-state index in [2.05, 4.69) is 100 Å². The molecule has 2 saturated carbocycles. The number of hydrogen-bond donors (Lipinski definition) is 0. The third-order valence-electron chi connectivity index (χ3n) is 6.27. The molecule has 0 bridgehead atoms. The summed E-state index contributed by atoms with van der Waals surface area (Å²) in [7, 11) is -3.20. The van der Waals surface area contributed by atoms with E-state index in [0.717, 1.165) is 0 Å². The second-order valence-corrected chi connectivity index (χ2v) is 23.0. The second kappa shape index (κ2) is 7.15. The normalized spacial score (nSPS) is 26.2. The van der Waals surface area contributed by atoms with E-state index in [9.17, 15) is 0 Å². The van der Waals surface area contributed by atoms with Crippen LogP contribution >= 0.6 is 0 Å². The van der Waals surface area contributed by atoms with Crippen LogP contribution in [0.1, 0.15) is 0 Å². The minimum atomic E-state index is -1.60. The van der Waals surface area contributed by atoms with Gasteiger partial charge in [0.05, 0.1) is 15.2 Å². The van der Waals surface area contributed by atoms with Crippen LogP contribution in [0.15, 0.2) is 48.6 Å². The first-order valence-electron chi connectivity index (χ1n) is 8.73. The Morgan fingerprint density at radius 1 is 0.520 bits per heavy atom. The van der Waals surface area contributed by atoms with Crippen LogP contribution in [0.2, 0.25) is 26.2 Å². The van der Waals surface area contributed by atoms with Gasteiger partial charge in [-0.05, 0) is 36.8 Å². The van der Waals surface area contributed by atoms with E-state index >= 15 is 0 Å². The third-order valence-corrected chi connectivity index (χ3v) is 24.0. The summed E-state index contributed by atoms with van der Waals surface area (Å²) in [4.78, 5) is 0. The molecule has 126 valence electrons. The minimum Gasteiger partial charge on any atom is -0.0762 e. The molecule has 25 heavy (non-hydrogen) atoms. The molecule has 4 rings (SSSR count). The molecule has 2 fully saturated rings. The van der Waals surface area contributed by atoms with Gasteiger partial charge in [0.15, 0.2) is 0 Å². The zero-order valence-corrected chi connectivity index (χ0v) is 18.4. The van der Waals surface area contributed by atoms with Gasteiger partial charge in [0.1, 0.15) is 0 Å². The van der Waals surface area contributed by atoms with Gasteiger partial charge in [0.2, 0.25) is 0 Å². The zero-order valence-electron chi connectivity index (χ0n) is 15.3. The van der Waals surface area contributed by atoms with E-state index in [1.807, 2.05) is 0 Å². The van der Waals surface area contributed by atoms with Gasteiger partial charge in [-0.2, -0.15) is 0 Å². The monoisotopic (exact) mass is 400 g/mol. The molecule has 0 amide bonds. The summed E-state index contributed by atoms with van der Waals surface area (Å²) in [6.45, 7) is 10.3. The molecule has 0 nitrogen and oxygen atoms in total. The molecule has 0 N–H and O–H groups in total. The summed E-state index contributed by atoms with van der Waals surface area (Å²) in [5.74, 6) is 5.74. The zero-order chi connectivity index (χ0) is 16.9. The maximum Gasteiger partial charge on any atom is 2.00 e. The summed E-state index contributed by atoms with van der Waals surface area (Å²) >= 11 is 0. The fourth-order valence-electron chi connectivity index (χ4n) is 4.06. The van der Waals surface area contributed by atoms with Crippen LogP contribution in [0.3, 0.4) is 0 Å². The van der Waals surface area contributed by atoms with Crippen LogP contribution in [0.4, 0.5) is 0 Å². The average Bonchev–Trinajstić information content (AvgIpc) is 3.19. The number of rotatable bonds is 3. The molecule has 0 aromatic carbocycles. The van der Waals surface area contributed by atoms with Crippen LogP contribution in [0, 0.1) is 60.4 Å². The maximum absolute atomic E-state index is 2.59. The van der Waals surface area contributed by atoms with Crippen molar-refractivity contribution in [1.82, 2.24) is 0 Å². The molecule has 4 aliphatic carbocycles. The van der Waals surface area contributed by atoms with E-state index in [4.69, 9.17) is 0 Å². The van der Waals surface area contributed by atoms with Gasteiger partial charge in [-0.25, -0.2) is 0 Å². The number of fused-ring (bicyclic) bond motifs is 2. The van der Waals surface area contributed by atoms with Crippen molar-refractivity contribution in [2.45, 2.75) is 26.2 Å². The first-order chi connectivity index (χ1) is 11.4. The molecular weight excluding hydrogens is 376 g/mol. The predicted octanol–water partition coefficient (Wildman–Crippen LogP) is 5.10. The van der Waals surface area contributed by atoms with Crippen molar-refractivity contribution >= 4 is 15.2 Å². The van der Waals surface area contributed by atoms with E-state index in [1.54, 1.807) is 11.1 Å². The van der Waals surface area contributed by atoms with Gasteiger partial charge in [-0.3, -0.25) is 0 Å². The molecule has 0 unspecified atom stereocenters. The van der Waals surface area contributed by atoms with E-state index in [0.29, 0.717) is 0 Å². The van der Waals surface area contributed by atoms with Gasteiger partial charge in [0, 0.05) is 23.7 Å². The van der Waals surface area contributed by atoms with Crippen molar-refractivity contribution in [2.24, 2.45) is 0 Å². The van der Waals surface area contributed by atoms with Crippen LogP contribution < -0.4 is 0 Å². The maximum atomic E-state index is 2.59. The second-order valence-electron chi connectivity index (χ2n) is 7.92. The molecule has 0 aromatic rings. The van der Waals surface area contributed by atoms with Gasteiger partial charge >= 0.3 is 17.1 Å². The Morgan fingerprint density at radius 2 is 0.880 bits per heavy atom. The minimum absolute atomic E-state index is 0. The van der Waals surface area contributed by atoms with Crippen LogP contribution in [-0.2, 0) is 17.1 Å². The first-order valence-corrected chi connectivity index (χ1v) is 15.7. The fourth-order valence-corrected chi connectivity index (χ4v) is 13.6. The van der Waals surface area contributed by atoms with Crippen molar-refractivity contribution in [3.8, 4) is 0 Å². The first kappa shape index (κ1) is 19.7. The molecule has 0 atom stereocenters. The molecule has 0 aliphatic heterocycles. The van der Waals surface area contributed by atoms with Crippen molar-refractivity contribution in [3.63, 3.8) is 0 Å². The smallest absolute Gasteiger partial charge is 0.0762 e. The summed E-state index contributed by atoms with van der Waals surface area (Å²) in [5, 5.41) is 0. The molecule has 0 heterocycles. The Bertz CT molecular complexity index is 560. The van der Waals surface area contributed by atoms with Crippen molar-refractivity contribution in [3.05, 3.63) is 109 Å². The molecule has 0 aromatic heterocycles. The summed E-state index contributed by atoms with van der Waals surface area (Å²) in [5.41, 5.74) is 3.28. The van der Waals surface area contributed by atoms with Crippen molar-refractivity contribution in [1.29, 1.82) is 0 Å². The van der Waals surface area contributed by atoms with E-state index in [-0.39, 0.29) is 17.1 Å². The summed E-state index contributed by atoms with van der Waals surface area (Å²) in [6.07, 6.45) is 27.2. The number of allylic oxidation sites excluding steroid dienone is 8. The summed E-state index contributed by atoms with van der Waals surface area (Å²) < 4.78 is 0. The van der Waals surface area contributed by atoms with Crippen molar-refractivity contribution in [2.75, 3.05) is 0 Å². The average molecular weight is 400 g/mol. The van der Waals surface area contributed by atoms with Crippen LogP contribution in [0.5, 0.6) is 0 Å². The SMILES string of the molecule is C[Si](C)([C]1[CH][CH][C]2C=CC=C[C]21)[Si](C)(C)[C]1[CH][CH][C]2C=CC=C[C]21.[Fe+2]. The molecule has 3 heteroatoms. The molecule has 4 aliphatic rings. The summed E-state index contributed by atoms with van der Waals surface area (Å²) in [6, 6.07) is 0. The van der Waals surface area contributed by atoms with Crippen LogP contribution in [0.25, 0.3) is 0 Å². The molecular formula is C22H24FeSi2+2. The van der Waals surface area contributed by atoms with Crippen LogP contribution in [-0.4, -0.2) is 15.2 Å². The van der Waals surface area contributed by atoms with Crippen molar-refractivity contribution < 1.29 is 17.1 Å².